The molecule has 2 aliphatic heterocycles. The Kier molecular flexibility index (Phi) is 5.50. The maximum Gasteiger partial charge on any atom is 0.139 e. The number of nitrogens with zero attached hydrogens (tertiary/aromatic N) is 2. The summed E-state index contributed by atoms with van der Waals surface area (Å²) in [5.41, 5.74) is 0. The third-order valence-electron chi connectivity index (χ3n) is 4.96. The minimum atomic E-state index is 0.0899. The van der Waals surface area contributed by atoms with Crippen molar-refractivity contribution < 1.29 is 9.47 Å². The molecule has 0 amide bonds. The van der Waals surface area contributed by atoms with Crippen LogP contribution < -0.4 is 5.32 Å². The van der Waals surface area contributed by atoms with E-state index in [1.807, 2.05) is 12.4 Å². The molecule has 2 fully saturated rings. The molecule has 1 N–H and O–H groups in total. The molecule has 3 heterocycles. The van der Waals surface area contributed by atoms with Crippen LogP contribution in [0.15, 0.2) is 12.4 Å². The Morgan fingerprint density at radius 3 is 2.91 bits per heavy atom. The van der Waals surface area contributed by atoms with Crippen LogP contribution in [0.2, 0.25) is 0 Å². The van der Waals surface area contributed by atoms with Crippen LogP contribution in [0.3, 0.4) is 0 Å². The second-order valence-corrected chi connectivity index (χ2v) is 6.62. The first-order valence-electron chi connectivity index (χ1n) is 8.74. The van der Waals surface area contributed by atoms with Gasteiger partial charge in [0.15, 0.2) is 0 Å². The standard InChI is InChI=1S/C17H29N3O2/c1-3-20-8-7-18-17(20)16-15(6-11-22-16)19-13(2)12-14-4-9-21-10-5-14/h7-8,13-16,19H,3-6,9-12H2,1-2H3/t13-,15-,16-/m0/s1. The fourth-order valence-electron chi connectivity index (χ4n) is 3.78. The summed E-state index contributed by atoms with van der Waals surface area (Å²) in [7, 11) is 0. The lowest BCUT2D eigenvalue weighted by Gasteiger charge is -2.28. The lowest BCUT2D eigenvalue weighted by atomic mass is 9.92. The van der Waals surface area contributed by atoms with Crippen molar-refractivity contribution in [3.05, 3.63) is 18.2 Å². The Labute approximate surface area is 133 Å². The molecule has 5 heteroatoms. The highest BCUT2D eigenvalue weighted by Crippen LogP contribution is 2.29. The average Bonchev–Trinajstić information content (AvgIpc) is 3.16. The minimum Gasteiger partial charge on any atom is -0.381 e. The molecule has 2 aliphatic rings. The van der Waals surface area contributed by atoms with Crippen molar-refractivity contribution in [2.45, 2.75) is 64.3 Å². The van der Waals surface area contributed by atoms with Gasteiger partial charge in [0.1, 0.15) is 11.9 Å². The number of ether oxygens (including phenoxy) is 2. The maximum atomic E-state index is 5.98. The number of hydrogen-bond acceptors (Lipinski definition) is 4. The lowest BCUT2D eigenvalue weighted by Crippen LogP contribution is -2.40. The van der Waals surface area contributed by atoms with E-state index in [4.69, 9.17) is 9.47 Å². The SMILES string of the molecule is CCn1ccnc1[C@H]1OCC[C@@H]1N[C@@H](C)CC1CCOCC1. The van der Waals surface area contributed by atoms with Gasteiger partial charge >= 0.3 is 0 Å². The zero-order valence-corrected chi connectivity index (χ0v) is 13.8. The van der Waals surface area contributed by atoms with E-state index in [1.165, 1.54) is 19.3 Å². The molecule has 0 radical (unpaired) electrons. The molecule has 1 aromatic rings. The van der Waals surface area contributed by atoms with Crippen molar-refractivity contribution in [1.29, 1.82) is 0 Å². The summed E-state index contributed by atoms with van der Waals surface area (Å²) in [6.07, 6.45) is 8.72. The zero-order chi connectivity index (χ0) is 15.4. The minimum absolute atomic E-state index is 0.0899. The first-order chi connectivity index (χ1) is 10.8. The molecule has 0 aliphatic carbocycles. The van der Waals surface area contributed by atoms with Crippen LogP contribution in [0, 0.1) is 5.92 Å². The van der Waals surface area contributed by atoms with Gasteiger partial charge in [0.2, 0.25) is 0 Å². The Bertz CT molecular complexity index is 457. The number of aromatic nitrogens is 2. The molecule has 3 atom stereocenters. The molecule has 0 spiro atoms. The molecular formula is C17H29N3O2. The lowest BCUT2D eigenvalue weighted by molar-refractivity contribution is 0.0584. The third kappa shape index (κ3) is 3.70. The highest BCUT2D eigenvalue weighted by atomic mass is 16.5. The molecule has 0 bridgehead atoms. The number of aryl methyl sites for hydroxylation is 1. The van der Waals surface area contributed by atoms with Crippen LogP contribution >= 0.6 is 0 Å². The fraction of sp³-hybridized carbons (Fsp3) is 0.824. The smallest absolute Gasteiger partial charge is 0.139 e. The maximum absolute atomic E-state index is 5.98. The van der Waals surface area contributed by atoms with E-state index in [2.05, 4.69) is 28.7 Å². The van der Waals surface area contributed by atoms with Gasteiger partial charge in [-0.3, -0.25) is 0 Å². The summed E-state index contributed by atoms with van der Waals surface area (Å²) < 4.78 is 13.6. The quantitative estimate of drug-likeness (QED) is 0.877. The Balaban J connectivity index is 1.56. The summed E-state index contributed by atoms with van der Waals surface area (Å²) in [5, 5.41) is 3.80. The normalized spacial score (nSPS) is 28.1. The predicted molar refractivity (Wildman–Crippen MR) is 85.8 cm³/mol. The number of rotatable bonds is 6. The van der Waals surface area contributed by atoms with Crippen LogP contribution in [0.4, 0.5) is 0 Å². The number of nitrogens with one attached hydrogen (secondary N) is 1. The molecule has 0 unspecified atom stereocenters. The van der Waals surface area contributed by atoms with E-state index in [9.17, 15) is 0 Å². The average molecular weight is 307 g/mol. The van der Waals surface area contributed by atoms with Gasteiger partial charge < -0.3 is 19.4 Å². The van der Waals surface area contributed by atoms with Crippen LogP contribution in [0.5, 0.6) is 0 Å². The second kappa shape index (κ2) is 7.57. The van der Waals surface area contributed by atoms with Crippen LogP contribution in [-0.2, 0) is 16.0 Å². The zero-order valence-electron chi connectivity index (χ0n) is 13.8. The second-order valence-electron chi connectivity index (χ2n) is 6.62. The van der Waals surface area contributed by atoms with Gasteiger partial charge in [-0.05, 0) is 45.4 Å². The number of imidazole rings is 1. The van der Waals surface area contributed by atoms with Gasteiger partial charge in [-0.2, -0.15) is 0 Å². The molecule has 0 saturated carbocycles. The van der Waals surface area contributed by atoms with E-state index >= 15 is 0 Å². The van der Waals surface area contributed by atoms with Crippen molar-refractivity contribution in [3.8, 4) is 0 Å². The number of hydrogen-bond donors (Lipinski definition) is 1. The predicted octanol–water partition coefficient (Wildman–Crippen LogP) is 2.53. The van der Waals surface area contributed by atoms with E-state index in [0.717, 1.165) is 44.5 Å². The van der Waals surface area contributed by atoms with Crippen LogP contribution in [0.1, 0.15) is 51.5 Å². The molecule has 3 rings (SSSR count). The molecular weight excluding hydrogens is 278 g/mol. The van der Waals surface area contributed by atoms with Crippen molar-refractivity contribution in [3.63, 3.8) is 0 Å². The van der Waals surface area contributed by atoms with Gasteiger partial charge in [0, 0.05) is 50.8 Å². The van der Waals surface area contributed by atoms with E-state index in [-0.39, 0.29) is 6.10 Å². The Morgan fingerprint density at radius 2 is 2.14 bits per heavy atom. The van der Waals surface area contributed by atoms with Gasteiger partial charge in [-0.15, -0.1) is 0 Å². The summed E-state index contributed by atoms with van der Waals surface area (Å²) in [6.45, 7) is 8.08. The summed E-state index contributed by atoms with van der Waals surface area (Å²) in [5.74, 6) is 1.87. The van der Waals surface area contributed by atoms with E-state index in [1.54, 1.807) is 0 Å². The topological polar surface area (TPSA) is 48.3 Å². The van der Waals surface area contributed by atoms with Gasteiger partial charge in [0.05, 0.1) is 0 Å². The van der Waals surface area contributed by atoms with Crippen LogP contribution in [-0.4, -0.2) is 41.5 Å². The van der Waals surface area contributed by atoms with E-state index in [0.29, 0.717) is 12.1 Å². The third-order valence-corrected chi connectivity index (χ3v) is 4.96. The summed E-state index contributed by atoms with van der Waals surface area (Å²) in [6, 6.07) is 0.893. The first kappa shape index (κ1) is 16.0. The van der Waals surface area contributed by atoms with Gasteiger partial charge in [0.25, 0.3) is 0 Å². The van der Waals surface area contributed by atoms with E-state index < -0.39 is 0 Å². The van der Waals surface area contributed by atoms with Crippen molar-refractivity contribution in [1.82, 2.24) is 14.9 Å². The molecule has 22 heavy (non-hydrogen) atoms. The van der Waals surface area contributed by atoms with Gasteiger partial charge in [-0.1, -0.05) is 0 Å². The highest BCUT2D eigenvalue weighted by molar-refractivity contribution is 5.03. The molecule has 0 aromatic carbocycles. The molecule has 1 aromatic heterocycles. The van der Waals surface area contributed by atoms with Crippen LogP contribution in [0.25, 0.3) is 0 Å². The van der Waals surface area contributed by atoms with Gasteiger partial charge in [-0.25, -0.2) is 4.98 Å². The summed E-state index contributed by atoms with van der Waals surface area (Å²) >= 11 is 0. The molecule has 124 valence electrons. The monoisotopic (exact) mass is 307 g/mol. The Hall–Kier alpha value is -0.910. The molecule has 2 saturated heterocycles. The summed E-state index contributed by atoms with van der Waals surface area (Å²) in [4.78, 5) is 4.52. The largest absolute Gasteiger partial charge is 0.381 e. The highest BCUT2D eigenvalue weighted by Gasteiger charge is 2.33. The van der Waals surface area contributed by atoms with Crippen molar-refractivity contribution in [2.75, 3.05) is 19.8 Å². The van der Waals surface area contributed by atoms with Crippen molar-refractivity contribution >= 4 is 0 Å². The fourth-order valence-corrected chi connectivity index (χ4v) is 3.78. The first-order valence-corrected chi connectivity index (χ1v) is 8.74. The molecule has 5 nitrogen and oxygen atoms in total. The van der Waals surface area contributed by atoms with Crippen molar-refractivity contribution in [2.24, 2.45) is 5.92 Å². The Morgan fingerprint density at radius 1 is 1.32 bits per heavy atom.